The molecule has 1 atom stereocenters. The van der Waals surface area contributed by atoms with Crippen LogP contribution in [0.15, 0.2) is 24.3 Å². The first kappa shape index (κ1) is 21.0. The number of quaternary nitrogens is 1. The third-order valence-corrected chi connectivity index (χ3v) is 4.11. The summed E-state index contributed by atoms with van der Waals surface area (Å²) >= 11 is 0. The first-order valence-electron chi connectivity index (χ1n) is 9.37. The molecule has 1 fully saturated rings. The van der Waals surface area contributed by atoms with Crippen molar-refractivity contribution in [3.63, 3.8) is 0 Å². The highest BCUT2D eigenvalue weighted by Gasteiger charge is 2.21. The van der Waals surface area contributed by atoms with Gasteiger partial charge in [0, 0.05) is 13.1 Å². The van der Waals surface area contributed by atoms with Gasteiger partial charge in [0.25, 0.3) is 11.8 Å². The minimum atomic E-state index is -0.0995. The van der Waals surface area contributed by atoms with Gasteiger partial charge in [-0.05, 0) is 31.2 Å². The first-order chi connectivity index (χ1) is 13.1. The lowest BCUT2D eigenvalue weighted by molar-refractivity contribution is -0.863. The molecule has 2 amide bonds. The Morgan fingerprint density at radius 2 is 1.74 bits per heavy atom. The Morgan fingerprint density at radius 3 is 2.37 bits per heavy atom. The number of carbonyl (C=O) groups excluding carboxylic acids is 2. The van der Waals surface area contributed by atoms with Crippen LogP contribution >= 0.6 is 0 Å². The van der Waals surface area contributed by atoms with Gasteiger partial charge in [-0.25, -0.2) is 0 Å². The maximum absolute atomic E-state index is 12.2. The Kier molecular flexibility index (Phi) is 8.86. The molecule has 8 nitrogen and oxygen atoms in total. The maximum Gasteiger partial charge on any atom is 0.277 e. The van der Waals surface area contributed by atoms with Gasteiger partial charge in [-0.1, -0.05) is 0 Å². The largest absolute Gasteiger partial charge is 0.494 e. The lowest BCUT2D eigenvalue weighted by Gasteiger charge is -2.27. The van der Waals surface area contributed by atoms with Gasteiger partial charge in [0.15, 0.2) is 13.1 Å². The van der Waals surface area contributed by atoms with Crippen molar-refractivity contribution >= 4 is 11.8 Å². The maximum atomic E-state index is 12.2. The second-order valence-corrected chi connectivity index (χ2v) is 6.41. The van der Waals surface area contributed by atoms with E-state index in [0.717, 1.165) is 16.4 Å². The van der Waals surface area contributed by atoms with E-state index in [1.807, 2.05) is 38.2 Å². The molecule has 0 bridgehead atoms. The predicted octanol–water partition coefficient (Wildman–Crippen LogP) is -1.05. The molecule has 0 aromatic heterocycles. The van der Waals surface area contributed by atoms with Crippen molar-refractivity contribution in [2.45, 2.75) is 6.92 Å². The SMILES string of the molecule is CCOc1ccc(OCCNC(=O)C[NH+](C)CC(=O)N2CCOCC2)cc1. The van der Waals surface area contributed by atoms with E-state index in [4.69, 9.17) is 14.2 Å². The standard InChI is InChI=1S/C19H29N3O5/c1-3-26-16-4-6-17(7-5-16)27-11-8-20-18(23)14-21(2)15-19(24)22-9-12-25-13-10-22/h4-7H,3,8-15H2,1-2H3,(H,20,23)/p+1. The number of benzene rings is 1. The summed E-state index contributed by atoms with van der Waals surface area (Å²) in [7, 11) is 1.84. The number of carbonyl (C=O) groups is 2. The van der Waals surface area contributed by atoms with Crippen molar-refractivity contribution in [2.75, 3.05) is 66.2 Å². The highest BCUT2D eigenvalue weighted by Crippen LogP contribution is 2.17. The van der Waals surface area contributed by atoms with Gasteiger partial charge in [0.1, 0.15) is 18.1 Å². The number of nitrogens with zero attached hydrogens (tertiary/aromatic N) is 1. The number of ether oxygens (including phenoxy) is 3. The van der Waals surface area contributed by atoms with Crippen LogP contribution in [0.1, 0.15) is 6.92 Å². The van der Waals surface area contributed by atoms with E-state index in [1.54, 1.807) is 4.90 Å². The lowest BCUT2D eigenvalue weighted by Crippen LogP contribution is -3.11. The fourth-order valence-electron chi connectivity index (χ4n) is 2.74. The molecule has 1 unspecified atom stereocenters. The second-order valence-electron chi connectivity index (χ2n) is 6.41. The smallest absolute Gasteiger partial charge is 0.277 e. The van der Waals surface area contributed by atoms with Crippen LogP contribution in [0.3, 0.4) is 0 Å². The van der Waals surface area contributed by atoms with Gasteiger partial charge < -0.3 is 29.3 Å². The molecule has 8 heteroatoms. The molecule has 2 rings (SSSR count). The number of hydrogen-bond donors (Lipinski definition) is 2. The van der Waals surface area contributed by atoms with Gasteiger partial charge in [-0.2, -0.15) is 0 Å². The van der Waals surface area contributed by atoms with Crippen molar-refractivity contribution in [1.29, 1.82) is 0 Å². The topological polar surface area (TPSA) is 81.5 Å². The first-order valence-corrected chi connectivity index (χ1v) is 9.37. The van der Waals surface area contributed by atoms with Gasteiger partial charge in [0.05, 0.1) is 33.4 Å². The molecule has 1 aromatic rings. The zero-order valence-corrected chi connectivity index (χ0v) is 16.2. The number of likely N-dealkylation sites (N-methyl/N-ethyl adjacent to an activating group) is 1. The summed E-state index contributed by atoms with van der Waals surface area (Å²) in [6.07, 6.45) is 0. The van der Waals surface area contributed by atoms with Gasteiger partial charge in [0.2, 0.25) is 0 Å². The number of morpholine rings is 1. The zero-order chi connectivity index (χ0) is 19.5. The Hall–Kier alpha value is -2.32. The molecule has 0 radical (unpaired) electrons. The number of hydrogen-bond acceptors (Lipinski definition) is 5. The Labute approximate surface area is 160 Å². The molecule has 2 N–H and O–H groups in total. The summed E-state index contributed by atoms with van der Waals surface area (Å²) in [5, 5.41) is 2.81. The summed E-state index contributed by atoms with van der Waals surface area (Å²) < 4.78 is 16.2. The van der Waals surface area contributed by atoms with Crippen LogP contribution < -0.4 is 19.7 Å². The van der Waals surface area contributed by atoms with Crippen molar-refractivity contribution < 1.29 is 28.7 Å². The molecular formula is C19H30N3O5+. The normalized spacial score (nSPS) is 15.1. The van der Waals surface area contributed by atoms with Crippen LogP contribution in [0.2, 0.25) is 0 Å². The highest BCUT2D eigenvalue weighted by molar-refractivity contribution is 5.79. The Morgan fingerprint density at radius 1 is 1.11 bits per heavy atom. The number of amides is 2. The van der Waals surface area contributed by atoms with E-state index in [9.17, 15) is 9.59 Å². The highest BCUT2D eigenvalue weighted by atomic mass is 16.5. The van der Waals surface area contributed by atoms with E-state index < -0.39 is 0 Å². The van der Waals surface area contributed by atoms with Crippen LogP contribution in [0.25, 0.3) is 0 Å². The summed E-state index contributed by atoms with van der Waals surface area (Å²) in [6, 6.07) is 7.37. The van der Waals surface area contributed by atoms with Crippen LogP contribution in [0, 0.1) is 0 Å². The molecule has 27 heavy (non-hydrogen) atoms. The number of rotatable bonds is 10. The van der Waals surface area contributed by atoms with Crippen LogP contribution in [-0.2, 0) is 14.3 Å². The monoisotopic (exact) mass is 380 g/mol. The van der Waals surface area contributed by atoms with Crippen molar-refractivity contribution in [2.24, 2.45) is 0 Å². The van der Waals surface area contributed by atoms with E-state index in [-0.39, 0.29) is 18.4 Å². The molecule has 150 valence electrons. The molecule has 0 saturated carbocycles. The molecule has 1 aromatic carbocycles. The van der Waals surface area contributed by atoms with Gasteiger partial charge in [-0.15, -0.1) is 0 Å². The van der Waals surface area contributed by atoms with E-state index in [0.29, 0.717) is 52.6 Å². The average molecular weight is 380 g/mol. The fourth-order valence-corrected chi connectivity index (χ4v) is 2.74. The Balaban J connectivity index is 1.58. The van der Waals surface area contributed by atoms with E-state index in [1.165, 1.54) is 0 Å². The molecule has 1 aliphatic heterocycles. The summed E-state index contributed by atoms with van der Waals surface area (Å²) in [6.45, 7) is 6.32. The summed E-state index contributed by atoms with van der Waals surface area (Å²) in [5.41, 5.74) is 0. The van der Waals surface area contributed by atoms with Crippen molar-refractivity contribution in [3.8, 4) is 11.5 Å². The molecule has 0 aliphatic carbocycles. The summed E-state index contributed by atoms with van der Waals surface area (Å²) in [4.78, 5) is 26.8. The predicted molar refractivity (Wildman–Crippen MR) is 100 cm³/mol. The van der Waals surface area contributed by atoms with Crippen LogP contribution in [0.4, 0.5) is 0 Å². The van der Waals surface area contributed by atoms with Crippen molar-refractivity contribution in [1.82, 2.24) is 10.2 Å². The quantitative estimate of drug-likeness (QED) is 0.507. The fraction of sp³-hybridized carbons (Fsp3) is 0.579. The molecular weight excluding hydrogens is 350 g/mol. The van der Waals surface area contributed by atoms with Crippen LogP contribution in [-0.4, -0.2) is 82.9 Å². The minimum absolute atomic E-state index is 0.0578. The molecule has 0 spiro atoms. The Bertz CT molecular complexity index is 588. The minimum Gasteiger partial charge on any atom is -0.494 e. The van der Waals surface area contributed by atoms with Gasteiger partial charge >= 0.3 is 0 Å². The molecule has 1 saturated heterocycles. The lowest BCUT2D eigenvalue weighted by atomic mass is 10.3. The number of nitrogens with one attached hydrogen (secondary N) is 2. The van der Waals surface area contributed by atoms with Crippen LogP contribution in [0.5, 0.6) is 11.5 Å². The molecule has 1 heterocycles. The summed E-state index contributed by atoms with van der Waals surface area (Å²) in [5.74, 6) is 1.49. The van der Waals surface area contributed by atoms with E-state index >= 15 is 0 Å². The van der Waals surface area contributed by atoms with Gasteiger partial charge in [-0.3, -0.25) is 9.59 Å². The van der Waals surface area contributed by atoms with E-state index in [2.05, 4.69) is 5.32 Å². The molecule has 1 aliphatic rings. The second kappa shape index (κ2) is 11.4. The third-order valence-electron chi connectivity index (χ3n) is 4.11. The zero-order valence-electron chi connectivity index (χ0n) is 16.2. The average Bonchev–Trinajstić information content (AvgIpc) is 2.67. The van der Waals surface area contributed by atoms with Crippen molar-refractivity contribution in [3.05, 3.63) is 24.3 Å². The third kappa shape index (κ3) is 7.84.